The van der Waals surface area contributed by atoms with E-state index in [2.05, 4.69) is 6.58 Å². The molecule has 0 amide bonds. The lowest BCUT2D eigenvalue weighted by Gasteiger charge is -2.10. The van der Waals surface area contributed by atoms with E-state index >= 15 is 0 Å². The number of rotatable bonds is 3. The van der Waals surface area contributed by atoms with Gasteiger partial charge >= 0.3 is 5.97 Å². The van der Waals surface area contributed by atoms with E-state index < -0.39 is 23.6 Å². The minimum atomic E-state index is -1.33. The van der Waals surface area contributed by atoms with Crippen LogP contribution in [0, 0.1) is 5.92 Å². The quantitative estimate of drug-likeness (QED) is 0.616. The molecule has 2 rings (SSSR count). The molecule has 1 aromatic rings. The Bertz CT molecular complexity index is 584. The van der Waals surface area contributed by atoms with Crippen LogP contribution in [-0.4, -0.2) is 23.6 Å². The molecule has 0 radical (unpaired) electrons. The zero-order valence-electron chi connectivity index (χ0n) is 10.8. The van der Waals surface area contributed by atoms with Gasteiger partial charge in [0.25, 0.3) is 0 Å². The van der Waals surface area contributed by atoms with E-state index in [-0.39, 0.29) is 5.92 Å². The number of ketones is 2. The largest absolute Gasteiger partial charge is 0.445 e. The maximum Gasteiger partial charge on any atom is 0.309 e. The molecule has 4 heteroatoms. The average Bonchev–Trinajstić information content (AvgIpc) is 2.63. The number of carbonyl (C=O) groups is 3. The van der Waals surface area contributed by atoms with Crippen molar-refractivity contribution < 1.29 is 19.1 Å². The van der Waals surface area contributed by atoms with Crippen LogP contribution < -0.4 is 0 Å². The first-order chi connectivity index (χ1) is 8.95. The third kappa shape index (κ3) is 2.21. The molecule has 0 bridgehead atoms. The monoisotopic (exact) mass is 258 g/mol. The molecule has 0 N–H and O–H groups in total. The van der Waals surface area contributed by atoms with Gasteiger partial charge in [-0.05, 0) is 17.7 Å². The molecule has 4 nitrogen and oxygen atoms in total. The molecule has 19 heavy (non-hydrogen) atoms. The number of esters is 1. The van der Waals surface area contributed by atoms with Crippen LogP contribution in [0.3, 0.4) is 0 Å². The average molecular weight is 258 g/mol. The van der Waals surface area contributed by atoms with Crippen LogP contribution in [0.4, 0.5) is 0 Å². The standard InChI is InChI=1S/C15H14O4/c1-4-9-5-6-10-11(7-9)13(17)14(12(10)16)19-15(18)8(2)3/h4-8,14H,1H2,2-3H3. The van der Waals surface area contributed by atoms with Crippen molar-refractivity contribution in [2.75, 3.05) is 0 Å². The van der Waals surface area contributed by atoms with Crippen molar-refractivity contribution in [1.82, 2.24) is 0 Å². The van der Waals surface area contributed by atoms with Gasteiger partial charge in [-0.2, -0.15) is 0 Å². The minimum Gasteiger partial charge on any atom is -0.445 e. The summed E-state index contributed by atoms with van der Waals surface area (Å²) in [6.45, 7) is 6.91. The fraction of sp³-hybridized carbons (Fsp3) is 0.267. The molecule has 1 atom stereocenters. The van der Waals surface area contributed by atoms with Crippen molar-refractivity contribution in [1.29, 1.82) is 0 Å². The van der Waals surface area contributed by atoms with Gasteiger partial charge in [-0.3, -0.25) is 14.4 Å². The van der Waals surface area contributed by atoms with Crippen LogP contribution in [0.2, 0.25) is 0 Å². The molecular weight excluding hydrogens is 244 g/mol. The summed E-state index contributed by atoms with van der Waals surface area (Å²) in [4.78, 5) is 35.7. The van der Waals surface area contributed by atoms with Gasteiger partial charge in [-0.1, -0.05) is 32.6 Å². The first kappa shape index (κ1) is 13.2. The zero-order valence-corrected chi connectivity index (χ0v) is 10.8. The van der Waals surface area contributed by atoms with E-state index in [0.29, 0.717) is 11.1 Å². The zero-order chi connectivity index (χ0) is 14.2. The molecule has 1 unspecified atom stereocenters. The molecule has 0 heterocycles. The molecule has 0 aromatic heterocycles. The van der Waals surface area contributed by atoms with Crippen molar-refractivity contribution in [2.45, 2.75) is 20.0 Å². The number of hydrogen-bond acceptors (Lipinski definition) is 4. The Morgan fingerprint density at radius 2 is 1.89 bits per heavy atom. The molecule has 0 fully saturated rings. The molecule has 1 aromatic carbocycles. The summed E-state index contributed by atoms with van der Waals surface area (Å²) >= 11 is 0. The van der Waals surface area contributed by atoms with E-state index in [4.69, 9.17) is 4.74 Å². The van der Waals surface area contributed by atoms with Gasteiger partial charge in [-0.15, -0.1) is 0 Å². The van der Waals surface area contributed by atoms with Crippen LogP contribution in [-0.2, 0) is 9.53 Å². The number of benzene rings is 1. The predicted octanol–water partition coefficient (Wildman–Crippen LogP) is 2.28. The van der Waals surface area contributed by atoms with Gasteiger partial charge in [0.1, 0.15) is 0 Å². The Kier molecular flexibility index (Phi) is 3.34. The lowest BCUT2D eigenvalue weighted by molar-refractivity contribution is -0.148. The second-order valence-corrected chi connectivity index (χ2v) is 4.71. The number of fused-ring (bicyclic) bond motifs is 1. The Morgan fingerprint density at radius 1 is 1.26 bits per heavy atom. The van der Waals surface area contributed by atoms with Crippen LogP contribution in [0.25, 0.3) is 6.08 Å². The summed E-state index contributed by atoms with van der Waals surface area (Å²) in [7, 11) is 0. The van der Waals surface area contributed by atoms with E-state index in [1.54, 1.807) is 38.1 Å². The van der Waals surface area contributed by atoms with E-state index in [9.17, 15) is 14.4 Å². The SMILES string of the molecule is C=Cc1ccc2c(c1)C(=O)C(OC(=O)C(C)C)C2=O. The Balaban J connectivity index is 2.33. The normalized spacial score (nSPS) is 17.5. The van der Waals surface area contributed by atoms with E-state index in [0.717, 1.165) is 5.56 Å². The van der Waals surface area contributed by atoms with Crippen LogP contribution in [0.1, 0.15) is 40.1 Å². The van der Waals surface area contributed by atoms with Crippen molar-refractivity contribution in [2.24, 2.45) is 5.92 Å². The molecule has 98 valence electrons. The summed E-state index contributed by atoms with van der Waals surface area (Å²) in [6, 6.07) is 4.85. The topological polar surface area (TPSA) is 60.4 Å². The fourth-order valence-corrected chi connectivity index (χ4v) is 1.87. The molecular formula is C15H14O4. The molecule has 0 aliphatic heterocycles. The highest BCUT2D eigenvalue weighted by molar-refractivity contribution is 6.29. The maximum atomic E-state index is 12.1. The van der Waals surface area contributed by atoms with Gasteiger partial charge in [-0.25, -0.2) is 0 Å². The molecule has 1 aliphatic carbocycles. The lowest BCUT2D eigenvalue weighted by Crippen LogP contribution is -2.30. The number of carbonyl (C=O) groups excluding carboxylic acids is 3. The summed E-state index contributed by atoms with van der Waals surface area (Å²) in [5, 5.41) is 0. The first-order valence-electron chi connectivity index (χ1n) is 6.01. The van der Waals surface area contributed by atoms with E-state index in [1.807, 2.05) is 0 Å². The molecule has 0 saturated heterocycles. The second-order valence-electron chi connectivity index (χ2n) is 4.71. The van der Waals surface area contributed by atoms with Crippen molar-refractivity contribution in [3.63, 3.8) is 0 Å². The number of Topliss-reactive ketones (excluding diaryl/α,β-unsaturated/α-hetero) is 2. The van der Waals surface area contributed by atoms with E-state index in [1.165, 1.54) is 0 Å². The third-order valence-corrected chi connectivity index (χ3v) is 2.99. The van der Waals surface area contributed by atoms with Gasteiger partial charge in [0.2, 0.25) is 17.7 Å². The van der Waals surface area contributed by atoms with Gasteiger partial charge in [0, 0.05) is 11.1 Å². The minimum absolute atomic E-state index is 0.295. The predicted molar refractivity (Wildman–Crippen MR) is 69.9 cm³/mol. The molecule has 0 saturated carbocycles. The highest BCUT2D eigenvalue weighted by atomic mass is 16.6. The number of ether oxygens (including phenoxy) is 1. The van der Waals surface area contributed by atoms with Crippen LogP contribution >= 0.6 is 0 Å². The van der Waals surface area contributed by atoms with Crippen LogP contribution in [0.15, 0.2) is 24.8 Å². The highest BCUT2D eigenvalue weighted by Crippen LogP contribution is 2.26. The van der Waals surface area contributed by atoms with Gasteiger partial charge in [0.05, 0.1) is 5.92 Å². The fourth-order valence-electron chi connectivity index (χ4n) is 1.87. The smallest absolute Gasteiger partial charge is 0.309 e. The second kappa shape index (κ2) is 4.80. The Morgan fingerprint density at radius 3 is 2.47 bits per heavy atom. The van der Waals surface area contributed by atoms with Crippen molar-refractivity contribution in [3.8, 4) is 0 Å². The Hall–Kier alpha value is -2.23. The van der Waals surface area contributed by atoms with Gasteiger partial charge in [0.15, 0.2) is 0 Å². The highest BCUT2D eigenvalue weighted by Gasteiger charge is 2.41. The summed E-state index contributed by atoms with van der Waals surface area (Å²) in [5.74, 6) is -1.85. The summed E-state index contributed by atoms with van der Waals surface area (Å²) < 4.78 is 4.99. The Labute approximate surface area is 111 Å². The first-order valence-corrected chi connectivity index (χ1v) is 6.01. The maximum absolute atomic E-state index is 12.1. The third-order valence-electron chi connectivity index (χ3n) is 2.99. The lowest BCUT2D eigenvalue weighted by atomic mass is 10.1. The van der Waals surface area contributed by atoms with Crippen molar-refractivity contribution in [3.05, 3.63) is 41.5 Å². The van der Waals surface area contributed by atoms with Crippen LogP contribution in [0.5, 0.6) is 0 Å². The summed E-state index contributed by atoms with van der Waals surface area (Å²) in [6.07, 6.45) is 0.260. The molecule has 0 spiro atoms. The van der Waals surface area contributed by atoms with Gasteiger partial charge < -0.3 is 4.74 Å². The van der Waals surface area contributed by atoms with Crippen molar-refractivity contribution >= 4 is 23.6 Å². The summed E-state index contributed by atoms with van der Waals surface area (Å²) in [5.41, 5.74) is 1.34. The molecule has 1 aliphatic rings. The number of hydrogen-bond donors (Lipinski definition) is 0.